The first-order chi connectivity index (χ1) is 16.6. The molecule has 0 amide bonds. The molecule has 4 rings (SSSR count). The third-order valence-corrected chi connectivity index (χ3v) is 5.84. The number of nitrogens with one attached hydrogen (secondary N) is 2. The fourth-order valence-electron chi connectivity index (χ4n) is 3.93. The Labute approximate surface area is 200 Å². The van der Waals surface area contributed by atoms with Gasteiger partial charge in [-0.15, -0.1) is 0 Å². The average molecular weight is 458 g/mol. The van der Waals surface area contributed by atoms with E-state index in [0.717, 1.165) is 47.2 Å². The molecule has 0 aliphatic heterocycles. The highest BCUT2D eigenvalue weighted by Gasteiger charge is 2.13. The molecule has 3 aromatic carbocycles. The lowest BCUT2D eigenvalue weighted by Crippen LogP contribution is -2.17. The van der Waals surface area contributed by atoms with E-state index in [1.807, 2.05) is 24.3 Å². The van der Waals surface area contributed by atoms with Crippen molar-refractivity contribution in [3.8, 4) is 11.5 Å². The molecule has 0 bridgehead atoms. The molecule has 0 fully saturated rings. The molecular formula is C28H31N3O3. The van der Waals surface area contributed by atoms with E-state index in [-0.39, 0.29) is 12.5 Å². The van der Waals surface area contributed by atoms with Crippen LogP contribution < -0.4 is 10.6 Å². The highest BCUT2D eigenvalue weighted by molar-refractivity contribution is 5.76. The van der Waals surface area contributed by atoms with Crippen LogP contribution in [-0.2, 0) is 11.3 Å². The fraction of sp³-hybridized carbons (Fsp3) is 0.286. The summed E-state index contributed by atoms with van der Waals surface area (Å²) in [5.41, 5.74) is 6.05. The minimum Gasteiger partial charge on any atom is -0.481 e. The Morgan fingerprint density at radius 1 is 1.03 bits per heavy atom. The summed E-state index contributed by atoms with van der Waals surface area (Å²) in [5.74, 6) is -0.148. The van der Waals surface area contributed by atoms with Crippen LogP contribution in [0, 0.1) is 0 Å². The lowest BCUT2D eigenvalue weighted by Gasteiger charge is -2.21. The minimum atomic E-state index is -0.785. The van der Waals surface area contributed by atoms with Gasteiger partial charge in [-0.25, -0.2) is 4.98 Å². The van der Waals surface area contributed by atoms with Gasteiger partial charge in [0.25, 0.3) is 0 Å². The van der Waals surface area contributed by atoms with Gasteiger partial charge in [-0.05, 0) is 53.9 Å². The van der Waals surface area contributed by atoms with Gasteiger partial charge in [-0.3, -0.25) is 4.79 Å². The molecule has 0 radical (unpaired) electrons. The van der Waals surface area contributed by atoms with Crippen molar-refractivity contribution in [3.63, 3.8) is 0 Å². The average Bonchev–Trinajstić information content (AvgIpc) is 3.30. The molecule has 3 N–H and O–H groups in total. The van der Waals surface area contributed by atoms with E-state index in [1.54, 1.807) is 0 Å². The number of carboxylic acid groups (broad SMARTS) is 1. The van der Waals surface area contributed by atoms with Gasteiger partial charge in [-0.2, -0.15) is 0 Å². The predicted molar refractivity (Wildman–Crippen MR) is 136 cm³/mol. The first kappa shape index (κ1) is 23.5. The number of unbranched alkanes of at least 4 members (excludes halogenated alkanes) is 1. The van der Waals surface area contributed by atoms with Crippen LogP contribution in [0.1, 0.15) is 49.8 Å². The standard InChI is InChI=1S/C28H31N3O3/c1-2-3-6-24(30-23-15-9-20(10-16-23)19-29-18-17-27(32)33)21-11-13-22(14-12-21)28-31-25-7-4-5-8-26(25)34-28/h4-5,7-16,24,29-30H,2-3,6,17-19H2,1H3,(H,32,33)/t24-/m0/s1. The number of nitrogens with zero attached hydrogens (tertiary/aromatic N) is 1. The summed E-state index contributed by atoms with van der Waals surface area (Å²) >= 11 is 0. The molecule has 0 saturated carbocycles. The normalized spacial score (nSPS) is 12.0. The number of aliphatic carboxylic acids is 1. The van der Waals surface area contributed by atoms with Crippen LogP contribution >= 0.6 is 0 Å². The van der Waals surface area contributed by atoms with Crippen molar-refractivity contribution in [1.29, 1.82) is 0 Å². The third kappa shape index (κ3) is 6.23. The number of benzene rings is 3. The van der Waals surface area contributed by atoms with E-state index in [2.05, 4.69) is 71.1 Å². The number of anilines is 1. The van der Waals surface area contributed by atoms with Gasteiger partial charge in [0.2, 0.25) is 5.89 Å². The molecule has 1 atom stereocenters. The smallest absolute Gasteiger partial charge is 0.304 e. The second-order valence-corrected chi connectivity index (χ2v) is 8.47. The van der Waals surface area contributed by atoms with Gasteiger partial charge < -0.3 is 20.2 Å². The second-order valence-electron chi connectivity index (χ2n) is 8.47. The Bertz CT molecular complexity index is 1170. The van der Waals surface area contributed by atoms with E-state index in [4.69, 9.17) is 9.52 Å². The van der Waals surface area contributed by atoms with Crippen LogP contribution in [0.25, 0.3) is 22.6 Å². The molecule has 0 unspecified atom stereocenters. The number of rotatable bonds is 12. The topological polar surface area (TPSA) is 87.4 Å². The summed E-state index contributed by atoms with van der Waals surface area (Å²) in [5, 5.41) is 15.6. The van der Waals surface area contributed by atoms with Crippen molar-refractivity contribution < 1.29 is 14.3 Å². The molecule has 6 heteroatoms. The molecule has 0 spiro atoms. The Kier molecular flexibility index (Phi) is 7.94. The Hall–Kier alpha value is -3.64. The van der Waals surface area contributed by atoms with E-state index < -0.39 is 5.97 Å². The number of para-hydroxylation sites is 2. The second kappa shape index (κ2) is 11.5. The first-order valence-corrected chi connectivity index (χ1v) is 11.9. The largest absolute Gasteiger partial charge is 0.481 e. The summed E-state index contributed by atoms with van der Waals surface area (Å²) in [4.78, 5) is 15.2. The quantitative estimate of drug-likeness (QED) is 0.213. The van der Waals surface area contributed by atoms with Crippen molar-refractivity contribution in [1.82, 2.24) is 10.3 Å². The van der Waals surface area contributed by atoms with Gasteiger partial charge in [0.05, 0.1) is 12.5 Å². The van der Waals surface area contributed by atoms with Crippen LogP contribution in [0.15, 0.2) is 77.2 Å². The molecule has 1 aromatic heterocycles. The number of fused-ring (bicyclic) bond motifs is 1. The number of hydrogen-bond donors (Lipinski definition) is 3. The molecule has 4 aromatic rings. The molecule has 0 aliphatic rings. The number of hydrogen-bond acceptors (Lipinski definition) is 5. The maximum absolute atomic E-state index is 10.6. The molecule has 0 aliphatic carbocycles. The molecule has 6 nitrogen and oxygen atoms in total. The van der Waals surface area contributed by atoms with E-state index in [9.17, 15) is 4.79 Å². The third-order valence-electron chi connectivity index (χ3n) is 5.84. The van der Waals surface area contributed by atoms with Crippen LogP contribution in [-0.4, -0.2) is 22.6 Å². The molecule has 0 saturated heterocycles. The molecule has 34 heavy (non-hydrogen) atoms. The van der Waals surface area contributed by atoms with Crippen molar-refractivity contribution in [2.45, 2.75) is 45.2 Å². The van der Waals surface area contributed by atoms with Crippen molar-refractivity contribution in [2.75, 3.05) is 11.9 Å². The minimum absolute atomic E-state index is 0.129. The summed E-state index contributed by atoms with van der Waals surface area (Å²) in [6.45, 7) is 3.33. The number of oxazole rings is 1. The molecular weight excluding hydrogens is 426 g/mol. The van der Waals surface area contributed by atoms with E-state index >= 15 is 0 Å². The highest BCUT2D eigenvalue weighted by Crippen LogP contribution is 2.29. The van der Waals surface area contributed by atoms with Gasteiger partial charge in [0.1, 0.15) is 5.52 Å². The predicted octanol–water partition coefficient (Wildman–Crippen LogP) is 6.40. The van der Waals surface area contributed by atoms with Crippen molar-refractivity contribution in [2.24, 2.45) is 0 Å². The fourth-order valence-corrected chi connectivity index (χ4v) is 3.93. The summed E-state index contributed by atoms with van der Waals surface area (Å²) in [6, 6.07) is 24.8. The van der Waals surface area contributed by atoms with Crippen molar-refractivity contribution in [3.05, 3.63) is 83.9 Å². The SMILES string of the molecule is CCCC[C@H](Nc1ccc(CNCCC(=O)O)cc1)c1ccc(-c2nc3ccccc3o2)cc1. The summed E-state index contributed by atoms with van der Waals surface area (Å²) < 4.78 is 5.91. The van der Waals surface area contributed by atoms with Crippen LogP contribution in [0.3, 0.4) is 0 Å². The zero-order valence-electron chi connectivity index (χ0n) is 19.5. The Morgan fingerprint density at radius 2 is 1.79 bits per heavy atom. The zero-order chi connectivity index (χ0) is 23.8. The van der Waals surface area contributed by atoms with Crippen molar-refractivity contribution >= 4 is 22.8 Å². The van der Waals surface area contributed by atoms with Gasteiger partial charge in [0, 0.05) is 24.3 Å². The summed E-state index contributed by atoms with van der Waals surface area (Å²) in [7, 11) is 0. The first-order valence-electron chi connectivity index (χ1n) is 11.9. The summed E-state index contributed by atoms with van der Waals surface area (Å²) in [6.07, 6.45) is 3.44. The van der Waals surface area contributed by atoms with E-state index in [1.165, 1.54) is 5.56 Å². The van der Waals surface area contributed by atoms with Gasteiger partial charge in [-0.1, -0.05) is 56.2 Å². The van der Waals surface area contributed by atoms with Gasteiger partial charge >= 0.3 is 5.97 Å². The number of carboxylic acids is 1. The van der Waals surface area contributed by atoms with E-state index in [0.29, 0.717) is 19.0 Å². The maximum atomic E-state index is 10.6. The van der Waals surface area contributed by atoms with Gasteiger partial charge in [0.15, 0.2) is 5.58 Å². The lowest BCUT2D eigenvalue weighted by molar-refractivity contribution is -0.136. The van der Waals surface area contributed by atoms with Crippen LogP contribution in [0.5, 0.6) is 0 Å². The zero-order valence-corrected chi connectivity index (χ0v) is 19.5. The highest BCUT2D eigenvalue weighted by atomic mass is 16.4. The molecule has 1 heterocycles. The maximum Gasteiger partial charge on any atom is 0.304 e. The Morgan fingerprint density at radius 3 is 2.50 bits per heavy atom. The molecule has 176 valence electrons. The van der Waals surface area contributed by atoms with Crippen LogP contribution in [0.4, 0.5) is 5.69 Å². The number of carbonyl (C=O) groups is 1. The Balaban J connectivity index is 1.42. The van der Waals surface area contributed by atoms with Crippen LogP contribution in [0.2, 0.25) is 0 Å². The number of aromatic nitrogens is 1. The monoisotopic (exact) mass is 457 g/mol. The lowest BCUT2D eigenvalue weighted by atomic mass is 9.99.